The highest BCUT2D eigenvalue weighted by Gasteiger charge is 2.44. The smallest absolute Gasteiger partial charge is 0.236 e. The van der Waals surface area contributed by atoms with Crippen molar-refractivity contribution in [3.63, 3.8) is 0 Å². The summed E-state index contributed by atoms with van der Waals surface area (Å²) < 4.78 is 11.3. The van der Waals surface area contributed by atoms with E-state index in [-0.39, 0.29) is 5.91 Å². The number of amides is 1. The molecule has 1 spiro atoms. The van der Waals surface area contributed by atoms with E-state index < -0.39 is 0 Å². The molecule has 0 aromatic carbocycles. The first-order chi connectivity index (χ1) is 10.1. The Balaban J connectivity index is 1.91. The number of hydrogen-bond acceptors (Lipinski definition) is 4. The Labute approximate surface area is 128 Å². The maximum absolute atomic E-state index is 12.2. The average molecular weight is 298 g/mol. The Hall–Kier alpha value is -0.650. The molecule has 1 atom stereocenters. The molecule has 1 amide bonds. The first-order valence-corrected chi connectivity index (χ1v) is 8.15. The fourth-order valence-corrected chi connectivity index (χ4v) is 3.60. The van der Waals surface area contributed by atoms with Gasteiger partial charge < -0.3 is 19.3 Å². The highest BCUT2D eigenvalue weighted by molar-refractivity contribution is 5.78. The van der Waals surface area contributed by atoms with Crippen molar-refractivity contribution >= 4 is 5.91 Å². The van der Waals surface area contributed by atoms with E-state index >= 15 is 0 Å². The number of carbonyl (C=O) groups is 1. The molecule has 0 bridgehead atoms. The third kappa shape index (κ3) is 4.18. The zero-order chi connectivity index (χ0) is 15.3. The maximum Gasteiger partial charge on any atom is 0.236 e. The molecule has 1 unspecified atom stereocenters. The van der Waals surface area contributed by atoms with Crippen LogP contribution in [0, 0.1) is 11.3 Å². The minimum absolute atomic E-state index is 0.253. The molecule has 0 N–H and O–H groups in total. The molecule has 0 aromatic rings. The number of hydrogen-bond donors (Lipinski definition) is 0. The van der Waals surface area contributed by atoms with Crippen LogP contribution in [-0.4, -0.2) is 75.9 Å². The molecular weight excluding hydrogens is 268 g/mol. The number of ether oxygens (including phenoxy) is 2. The van der Waals surface area contributed by atoms with Gasteiger partial charge in [0, 0.05) is 32.2 Å². The highest BCUT2D eigenvalue weighted by atomic mass is 16.5. The largest absolute Gasteiger partial charge is 0.381 e. The van der Waals surface area contributed by atoms with Crippen LogP contribution in [0.4, 0.5) is 0 Å². The zero-order valence-electron chi connectivity index (χ0n) is 13.8. The summed E-state index contributed by atoms with van der Waals surface area (Å²) in [6.07, 6.45) is 3.29. The summed E-state index contributed by atoms with van der Waals surface area (Å²) >= 11 is 0. The molecule has 122 valence electrons. The molecule has 0 aromatic heterocycles. The van der Waals surface area contributed by atoms with Gasteiger partial charge in [-0.1, -0.05) is 0 Å². The molecule has 0 aliphatic carbocycles. The van der Waals surface area contributed by atoms with Crippen molar-refractivity contribution in [3.8, 4) is 0 Å². The van der Waals surface area contributed by atoms with Gasteiger partial charge in [-0.3, -0.25) is 4.79 Å². The van der Waals surface area contributed by atoms with Crippen LogP contribution in [0.25, 0.3) is 0 Å². The predicted molar refractivity (Wildman–Crippen MR) is 82.2 cm³/mol. The van der Waals surface area contributed by atoms with Crippen LogP contribution in [0.1, 0.15) is 26.2 Å². The summed E-state index contributed by atoms with van der Waals surface area (Å²) in [4.78, 5) is 16.1. The highest BCUT2D eigenvalue weighted by Crippen LogP contribution is 2.44. The maximum atomic E-state index is 12.2. The van der Waals surface area contributed by atoms with Gasteiger partial charge in [-0.2, -0.15) is 0 Å². The fourth-order valence-electron chi connectivity index (χ4n) is 3.60. The summed E-state index contributed by atoms with van der Waals surface area (Å²) in [5.41, 5.74) is 0.322. The zero-order valence-corrected chi connectivity index (χ0v) is 13.8. The number of likely N-dealkylation sites (tertiary alicyclic amines) is 1. The van der Waals surface area contributed by atoms with E-state index in [2.05, 4.69) is 0 Å². The van der Waals surface area contributed by atoms with Gasteiger partial charge in [-0.05, 0) is 45.7 Å². The summed E-state index contributed by atoms with van der Waals surface area (Å²) in [6, 6.07) is 0. The van der Waals surface area contributed by atoms with E-state index in [0.29, 0.717) is 17.9 Å². The van der Waals surface area contributed by atoms with E-state index in [0.717, 1.165) is 58.8 Å². The van der Waals surface area contributed by atoms with Gasteiger partial charge in [0.15, 0.2) is 0 Å². The van der Waals surface area contributed by atoms with E-state index in [9.17, 15) is 4.79 Å². The Morgan fingerprint density at radius 1 is 1.33 bits per heavy atom. The summed E-state index contributed by atoms with van der Waals surface area (Å²) in [6.45, 7) is 7.55. The SMILES string of the molecule is CCOCC1COCCC12CCN(C(=O)CN(C)C)CC2. The lowest BCUT2D eigenvalue weighted by atomic mass is 9.66. The lowest BCUT2D eigenvalue weighted by molar-refractivity contribution is -0.139. The van der Waals surface area contributed by atoms with E-state index in [1.165, 1.54) is 0 Å². The number of nitrogens with zero attached hydrogens (tertiary/aromatic N) is 2. The monoisotopic (exact) mass is 298 g/mol. The van der Waals surface area contributed by atoms with Gasteiger partial charge in [0.1, 0.15) is 0 Å². The quantitative estimate of drug-likeness (QED) is 0.765. The lowest BCUT2D eigenvalue weighted by Gasteiger charge is -2.49. The first-order valence-electron chi connectivity index (χ1n) is 8.15. The summed E-state index contributed by atoms with van der Waals surface area (Å²) in [5.74, 6) is 0.737. The second kappa shape index (κ2) is 7.56. The molecule has 0 radical (unpaired) electrons. The van der Waals surface area contributed by atoms with Crippen molar-refractivity contribution in [2.75, 3.05) is 60.2 Å². The van der Waals surface area contributed by atoms with Crippen molar-refractivity contribution in [1.29, 1.82) is 0 Å². The molecule has 2 saturated heterocycles. The third-order valence-electron chi connectivity index (χ3n) is 5.02. The average Bonchev–Trinajstić information content (AvgIpc) is 2.46. The summed E-state index contributed by atoms with van der Waals surface area (Å²) in [5, 5.41) is 0. The van der Waals surface area contributed by atoms with E-state index in [1.54, 1.807) is 0 Å². The minimum atomic E-state index is 0.253. The van der Waals surface area contributed by atoms with Gasteiger partial charge in [0.25, 0.3) is 0 Å². The van der Waals surface area contributed by atoms with Crippen molar-refractivity contribution in [2.24, 2.45) is 11.3 Å². The molecule has 5 nitrogen and oxygen atoms in total. The number of piperidine rings is 1. The van der Waals surface area contributed by atoms with Gasteiger partial charge in [0.05, 0.1) is 19.8 Å². The topological polar surface area (TPSA) is 42.0 Å². The van der Waals surface area contributed by atoms with Gasteiger partial charge in [-0.25, -0.2) is 0 Å². The van der Waals surface area contributed by atoms with Crippen LogP contribution in [0.3, 0.4) is 0 Å². The minimum Gasteiger partial charge on any atom is -0.381 e. The molecule has 5 heteroatoms. The van der Waals surface area contributed by atoms with Gasteiger partial charge in [0.2, 0.25) is 5.91 Å². The van der Waals surface area contributed by atoms with Crippen molar-refractivity contribution in [1.82, 2.24) is 9.80 Å². The Morgan fingerprint density at radius 3 is 2.67 bits per heavy atom. The Kier molecular flexibility index (Phi) is 6.02. The molecule has 2 heterocycles. The molecular formula is C16H30N2O3. The van der Waals surface area contributed by atoms with Crippen LogP contribution in [0.2, 0.25) is 0 Å². The molecule has 2 aliphatic rings. The molecule has 21 heavy (non-hydrogen) atoms. The standard InChI is InChI=1S/C16H30N2O3/c1-4-20-12-14-13-21-10-7-16(14)5-8-18(9-6-16)15(19)11-17(2)3/h14H,4-13H2,1-3H3. The van der Waals surface area contributed by atoms with E-state index in [1.807, 2.05) is 30.8 Å². The van der Waals surface area contributed by atoms with Crippen LogP contribution in [-0.2, 0) is 14.3 Å². The van der Waals surface area contributed by atoms with Crippen LogP contribution >= 0.6 is 0 Å². The number of likely N-dealkylation sites (N-methyl/N-ethyl adjacent to an activating group) is 1. The lowest BCUT2D eigenvalue weighted by Crippen LogP contribution is -2.51. The van der Waals surface area contributed by atoms with Gasteiger partial charge >= 0.3 is 0 Å². The van der Waals surface area contributed by atoms with Crippen LogP contribution in [0.5, 0.6) is 0 Å². The Bertz CT molecular complexity index is 338. The molecule has 0 saturated carbocycles. The normalized spacial score (nSPS) is 25.5. The van der Waals surface area contributed by atoms with Crippen molar-refractivity contribution in [3.05, 3.63) is 0 Å². The predicted octanol–water partition coefficient (Wildman–Crippen LogP) is 1.23. The molecule has 2 fully saturated rings. The van der Waals surface area contributed by atoms with Crippen molar-refractivity contribution < 1.29 is 14.3 Å². The Morgan fingerprint density at radius 2 is 2.05 bits per heavy atom. The van der Waals surface area contributed by atoms with Crippen LogP contribution in [0.15, 0.2) is 0 Å². The molecule has 2 aliphatic heterocycles. The van der Waals surface area contributed by atoms with E-state index in [4.69, 9.17) is 9.47 Å². The summed E-state index contributed by atoms with van der Waals surface area (Å²) in [7, 11) is 3.89. The number of rotatable bonds is 5. The first kappa shape index (κ1) is 16.7. The second-order valence-corrected chi connectivity index (χ2v) is 6.66. The second-order valence-electron chi connectivity index (χ2n) is 6.66. The molecule has 2 rings (SSSR count). The third-order valence-corrected chi connectivity index (χ3v) is 5.02. The number of carbonyl (C=O) groups excluding carboxylic acids is 1. The van der Waals surface area contributed by atoms with Gasteiger partial charge in [-0.15, -0.1) is 0 Å². The van der Waals surface area contributed by atoms with Crippen LogP contribution < -0.4 is 0 Å². The fraction of sp³-hybridized carbons (Fsp3) is 0.938. The van der Waals surface area contributed by atoms with Crippen molar-refractivity contribution in [2.45, 2.75) is 26.2 Å².